The van der Waals surface area contributed by atoms with Gasteiger partial charge in [-0.3, -0.25) is 0 Å². The molecule has 10 rings (SSSR count). The first kappa shape index (κ1) is 28.2. The third kappa shape index (κ3) is 4.48. The molecular weight excluding hydrogens is 599 g/mol. The van der Waals surface area contributed by atoms with Crippen molar-refractivity contribution < 1.29 is 4.42 Å². The Balaban J connectivity index is 1.07. The van der Waals surface area contributed by atoms with Crippen LogP contribution in [0.2, 0.25) is 0 Å². The first-order valence-corrected chi connectivity index (χ1v) is 17.3. The molecule has 1 fully saturated rings. The minimum atomic E-state index is 0.137. The molecule has 0 unspecified atom stereocenters. The van der Waals surface area contributed by atoms with Crippen LogP contribution in [0.5, 0.6) is 0 Å². The number of aromatic nitrogens is 3. The van der Waals surface area contributed by atoms with E-state index in [4.69, 9.17) is 19.4 Å². The predicted octanol–water partition coefficient (Wildman–Crippen LogP) is 11.7. The van der Waals surface area contributed by atoms with Gasteiger partial charge in [-0.05, 0) is 64.4 Å². The normalized spacial score (nSPS) is 14.7. The Morgan fingerprint density at radius 2 is 1.04 bits per heavy atom. The summed E-state index contributed by atoms with van der Waals surface area (Å²) in [6, 6.07) is 49.3. The molecule has 0 radical (unpaired) electrons. The fraction of sp³-hybridized carbons (Fsp3) is 0.133. The van der Waals surface area contributed by atoms with Crippen LogP contribution in [-0.4, -0.2) is 15.0 Å². The Labute approximate surface area is 285 Å². The lowest BCUT2D eigenvalue weighted by atomic mass is 9.67. The Morgan fingerprint density at radius 3 is 1.88 bits per heavy atom. The lowest BCUT2D eigenvalue weighted by Crippen LogP contribution is -2.28. The maximum Gasteiger partial charge on any atom is 0.167 e. The number of hydrogen-bond donors (Lipinski definition) is 0. The molecule has 0 bridgehead atoms. The number of benzene rings is 6. The van der Waals surface area contributed by atoms with Gasteiger partial charge < -0.3 is 4.42 Å². The zero-order valence-corrected chi connectivity index (χ0v) is 27.1. The van der Waals surface area contributed by atoms with Crippen molar-refractivity contribution in [3.8, 4) is 56.4 Å². The van der Waals surface area contributed by atoms with E-state index in [2.05, 4.69) is 78.9 Å². The minimum absolute atomic E-state index is 0.137. The smallest absolute Gasteiger partial charge is 0.167 e. The summed E-state index contributed by atoms with van der Waals surface area (Å²) in [5.41, 5.74) is 12.8. The van der Waals surface area contributed by atoms with Crippen LogP contribution in [0, 0.1) is 0 Å². The van der Waals surface area contributed by atoms with E-state index >= 15 is 0 Å². The second-order valence-corrected chi connectivity index (χ2v) is 13.5. The average Bonchev–Trinajstić information content (AvgIpc) is 3.69. The van der Waals surface area contributed by atoms with Gasteiger partial charge in [0.2, 0.25) is 0 Å². The van der Waals surface area contributed by atoms with Gasteiger partial charge in [0, 0.05) is 27.3 Å². The summed E-state index contributed by atoms with van der Waals surface area (Å²) >= 11 is 0. The van der Waals surface area contributed by atoms with Crippen LogP contribution in [0.15, 0.2) is 144 Å². The lowest BCUT2D eigenvalue weighted by Gasteiger charge is -2.36. The van der Waals surface area contributed by atoms with Gasteiger partial charge in [-0.2, -0.15) is 0 Å². The molecule has 8 aromatic rings. The molecule has 4 nitrogen and oxygen atoms in total. The molecule has 4 heteroatoms. The van der Waals surface area contributed by atoms with Crippen molar-refractivity contribution in [2.75, 3.05) is 0 Å². The van der Waals surface area contributed by atoms with E-state index in [0.717, 1.165) is 38.6 Å². The van der Waals surface area contributed by atoms with Gasteiger partial charge in [-0.25, -0.2) is 15.0 Å². The fourth-order valence-corrected chi connectivity index (χ4v) is 8.41. The van der Waals surface area contributed by atoms with Gasteiger partial charge in [-0.1, -0.05) is 141 Å². The van der Waals surface area contributed by atoms with Crippen LogP contribution < -0.4 is 0 Å². The highest BCUT2D eigenvalue weighted by atomic mass is 16.3. The Kier molecular flexibility index (Phi) is 6.38. The zero-order chi connectivity index (χ0) is 32.4. The van der Waals surface area contributed by atoms with Crippen molar-refractivity contribution in [1.29, 1.82) is 0 Å². The molecule has 49 heavy (non-hydrogen) atoms. The maximum atomic E-state index is 6.39. The third-order valence-corrected chi connectivity index (χ3v) is 10.8. The van der Waals surface area contributed by atoms with Crippen LogP contribution in [0.4, 0.5) is 0 Å². The molecule has 2 heterocycles. The van der Waals surface area contributed by atoms with Crippen molar-refractivity contribution >= 4 is 21.9 Å². The summed E-state index contributed by atoms with van der Waals surface area (Å²) in [6.45, 7) is 0. The van der Waals surface area contributed by atoms with Crippen LogP contribution in [0.3, 0.4) is 0 Å². The summed E-state index contributed by atoms with van der Waals surface area (Å²) in [5, 5.41) is 2.13. The highest BCUT2D eigenvalue weighted by Gasteiger charge is 2.43. The molecule has 0 N–H and O–H groups in total. The SMILES string of the molecule is c1ccc(-c2nc(-c3ccc(-c4ccc5c(c4)C4(CCCCC4)c4ccccc4-5)cc3)nc(-c3cccc4c3oc3ccccc34)n2)cc1. The van der Waals surface area contributed by atoms with E-state index in [-0.39, 0.29) is 5.41 Å². The predicted molar refractivity (Wildman–Crippen MR) is 198 cm³/mol. The summed E-state index contributed by atoms with van der Waals surface area (Å²) < 4.78 is 6.39. The molecule has 2 aromatic heterocycles. The van der Waals surface area contributed by atoms with Gasteiger partial charge in [-0.15, -0.1) is 0 Å². The van der Waals surface area contributed by atoms with Gasteiger partial charge >= 0.3 is 0 Å². The van der Waals surface area contributed by atoms with Crippen molar-refractivity contribution in [3.63, 3.8) is 0 Å². The first-order valence-electron chi connectivity index (χ1n) is 17.3. The lowest BCUT2D eigenvalue weighted by molar-refractivity contribution is 0.353. The Hall–Kier alpha value is -5.87. The molecule has 0 saturated heterocycles. The third-order valence-electron chi connectivity index (χ3n) is 10.8. The second kappa shape index (κ2) is 11.1. The molecule has 2 aliphatic carbocycles. The summed E-state index contributed by atoms with van der Waals surface area (Å²) in [7, 11) is 0. The molecule has 0 aliphatic heterocycles. The van der Waals surface area contributed by atoms with Gasteiger partial charge in [0.1, 0.15) is 11.2 Å². The first-order chi connectivity index (χ1) is 24.2. The largest absolute Gasteiger partial charge is 0.455 e. The molecule has 0 atom stereocenters. The number of rotatable bonds is 4. The molecule has 234 valence electrons. The highest BCUT2D eigenvalue weighted by Crippen LogP contribution is 2.56. The number of fused-ring (bicyclic) bond motifs is 8. The van der Waals surface area contributed by atoms with Crippen molar-refractivity contribution in [3.05, 3.63) is 151 Å². The summed E-state index contributed by atoms with van der Waals surface area (Å²) in [5.74, 6) is 1.86. The zero-order valence-electron chi connectivity index (χ0n) is 27.1. The quantitative estimate of drug-likeness (QED) is 0.194. The second-order valence-electron chi connectivity index (χ2n) is 13.5. The van der Waals surface area contributed by atoms with E-state index in [1.807, 2.05) is 60.7 Å². The minimum Gasteiger partial charge on any atom is -0.455 e. The molecule has 6 aromatic carbocycles. The number of hydrogen-bond acceptors (Lipinski definition) is 4. The fourth-order valence-electron chi connectivity index (χ4n) is 8.41. The van der Waals surface area contributed by atoms with Crippen LogP contribution in [0.1, 0.15) is 43.2 Å². The van der Waals surface area contributed by atoms with E-state index in [1.54, 1.807) is 0 Å². The molecule has 0 amide bonds. The van der Waals surface area contributed by atoms with Crippen LogP contribution in [-0.2, 0) is 5.41 Å². The number of nitrogens with zero attached hydrogens (tertiary/aromatic N) is 3. The monoisotopic (exact) mass is 631 g/mol. The standard InChI is InChI=1S/C45H33N3O/c1-3-12-30(13-4-1)42-46-43(48-44(47-42)37-17-11-16-36-35-15-6-8-19-40(35)49-41(36)37)31-22-20-29(21-23-31)32-24-25-34-33-14-5-7-18-38(33)45(39(34)28-32)26-9-2-10-27-45/h1,3-8,11-25,28H,2,9-10,26-27H2. The van der Waals surface area contributed by atoms with Gasteiger partial charge in [0.15, 0.2) is 17.5 Å². The van der Waals surface area contributed by atoms with Crippen LogP contribution in [0.25, 0.3) is 78.4 Å². The van der Waals surface area contributed by atoms with E-state index in [9.17, 15) is 0 Å². The summed E-state index contributed by atoms with van der Waals surface area (Å²) in [6.07, 6.45) is 6.37. The van der Waals surface area contributed by atoms with Gasteiger partial charge in [0.05, 0.1) is 5.56 Å². The van der Waals surface area contributed by atoms with Crippen LogP contribution >= 0.6 is 0 Å². The Bertz CT molecular complexity index is 2520. The Morgan fingerprint density at radius 1 is 0.429 bits per heavy atom. The number of furan rings is 1. The highest BCUT2D eigenvalue weighted by molar-refractivity contribution is 6.09. The van der Waals surface area contributed by atoms with E-state index < -0.39 is 0 Å². The van der Waals surface area contributed by atoms with Gasteiger partial charge in [0.25, 0.3) is 0 Å². The van der Waals surface area contributed by atoms with E-state index in [1.165, 1.54) is 65.5 Å². The molecule has 1 saturated carbocycles. The summed E-state index contributed by atoms with van der Waals surface area (Å²) in [4.78, 5) is 15.1. The van der Waals surface area contributed by atoms with Crippen molar-refractivity contribution in [2.24, 2.45) is 0 Å². The topological polar surface area (TPSA) is 51.8 Å². The van der Waals surface area contributed by atoms with Crippen molar-refractivity contribution in [1.82, 2.24) is 15.0 Å². The molecular formula is C45H33N3O. The number of para-hydroxylation sites is 2. The molecule has 2 aliphatic rings. The van der Waals surface area contributed by atoms with Crippen molar-refractivity contribution in [2.45, 2.75) is 37.5 Å². The van der Waals surface area contributed by atoms with E-state index in [0.29, 0.717) is 17.5 Å². The average molecular weight is 632 g/mol. The molecule has 1 spiro atoms. The maximum absolute atomic E-state index is 6.39.